The molecule has 1 rings (SSSR count). The van der Waals surface area contributed by atoms with Crippen LogP contribution >= 0.6 is 0 Å². The minimum atomic E-state index is 0.285. The fourth-order valence-electron chi connectivity index (χ4n) is 1.33. The molecule has 0 aliphatic carbocycles. The molecule has 0 aliphatic heterocycles. The highest BCUT2D eigenvalue weighted by atomic mass is 16.5. The number of ether oxygens (including phenoxy) is 1. The van der Waals surface area contributed by atoms with Crippen LogP contribution in [0.1, 0.15) is 20.8 Å². The number of rotatable bonds is 7. The molecule has 4 nitrogen and oxygen atoms in total. The average molecular weight is 223 g/mol. The molecule has 0 amide bonds. The van der Waals surface area contributed by atoms with Gasteiger partial charge in [0.05, 0.1) is 36.5 Å². The number of nitrogens with zero attached hydrogens (tertiary/aromatic N) is 1. The summed E-state index contributed by atoms with van der Waals surface area (Å²) in [5.74, 6) is 0. The van der Waals surface area contributed by atoms with E-state index in [1.54, 1.807) is 0 Å². The second kappa shape index (κ2) is 7.06. The van der Waals surface area contributed by atoms with Crippen LogP contribution in [0.2, 0.25) is 0 Å². The van der Waals surface area contributed by atoms with Gasteiger partial charge in [0.15, 0.2) is 0 Å². The first-order chi connectivity index (χ1) is 7.72. The number of pyridine rings is 1. The molecule has 2 N–H and O–H groups in total. The fourth-order valence-corrected chi connectivity index (χ4v) is 1.33. The van der Waals surface area contributed by atoms with Crippen LogP contribution in [0, 0.1) is 0 Å². The maximum atomic E-state index is 5.44. The Morgan fingerprint density at radius 1 is 1.25 bits per heavy atom. The first-order valence-electron chi connectivity index (χ1n) is 5.76. The molecule has 4 heteroatoms. The highest BCUT2D eigenvalue weighted by Crippen LogP contribution is 2.12. The first kappa shape index (κ1) is 12.8. The Hall–Kier alpha value is -1.29. The van der Waals surface area contributed by atoms with Gasteiger partial charge in [-0.1, -0.05) is 0 Å². The van der Waals surface area contributed by atoms with E-state index in [0.717, 1.165) is 24.5 Å². The summed E-state index contributed by atoms with van der Waals surface area (Å²) >= 11 is 0. The second-order valence-electron chi connectivity index (χ2n) is 3.84. The Morgan fingerprint density at radius 3 is 2.56 bits per heavy atom. The van der Waals surface area contributed by atoms with Crippen molar-refractivity contribution in [3.63, 3.8) is 0 Å². The molecule has 1 aromatic heterocycles. The Labute approximate surface area is 97.4 Å². The van der Waals surface area contributed by atoms with Gasteiger partial charge < -0.3 is 15.4 Å². The van der Waals surface area contributed by atoms with Crippen LogP contribution in [0.4, 0.5) is 11.4 Å². The van der Waals surface area contributed by atoms with Crippen molar-refractivity contribution >= 4 is 11.4 Å². The molecule has 0 fully saturated rings. The largest absolute Gasteiger partial charge is 0.384 e. The van der Waals surface area contributed by atoms with E-state index in [1.807, 2.05) is 32.3 Å². The Morgan fingerprint density at radius 2 is 1.94 bits per heavy atom. The van der Waals surface area contributed by atoms with Gasteiger partial charge in [-0.15, -0.1) is 0 Å². The third-order valence-electron chi connectivity index (χ3n) is 2.00. The normalized spacial score (nSPS) is 10.5. The monoisotopic (exact) mass is 223 g/mol. The molecule has 16 heavy (non-hydrogen) atoms. The van der Waals surface area contributed by atoms with Crippen LogP contribution in [-0.4, -0.2) is 30.8 Å². The molecular formula is C12H21N3O. The summed E-state index contributed by atoms with van der Waals surface area (Å²) in [6.07, 6.45) is 3.92. The fraction of sp³-hybridized carbons (Fsp3) is 0.583. The van der Waals surface area contributed by atoms with Gasteiger partial charge >= 0.3 is 0 Å². The SMILES string of the molecule is CCNc1cncc(NCCOC(C)C)c1. The first-order valence-corrected chi connectivity index (χ1v) is 5.76. The highest BCUT2D eigenvalue weighted by Gasteiger charge is 1.96. The zero-order chi connectivity index (χ0) is 11.8. The lowest BCUT2D eigenvalue weighted by Gasteiger charge is -2.10. The van der Waals surface area contributed by atoms with Gasteiger partial charge in [-0.3, -0.25) is 4.98 Å². The number of hydrogen-bond acceptors (Lipinski definition) is 4. The van der Waals surface area contributed by atoms with E-state index in [0.29, 0.717) is 6.61 Å². The van der Waals surface area contributed by atoms with Crippen molar-refractivity contribution in [2.24, 2.45) is 0 Å². The van der Waals surface area contributed by atoms with E-state index in [1.165, 1.54) is 0 Å². The second-order valence-corrected chi connectivity index (χ2v) is 3.84. The van der Waals surface area contributed by atoms with E-state index >= 15 is 0 Å². The van der Waals surface area contributed by atoms with Gasteiger partial charge in [-0.05, 0) is 26.8 Å². The molecule has 1 aromatic rings. The molecule has 90 valence electrons. The number of nitrogens with one attached hydrogen (secondary N) is 2. The maximum Gasteiger partial charge on any atom is 0.0642 e. The van der Waals surface area contributed by atoms with E-state index in [9.17, 15) is 0 Å². The summed E-state index contributed by atoms with van der Waals surface area (Å²) < 4.78 is 5.44. The molecule has 0 saturated heterocycles. The Balaban J connectivity index is 2.33. The molecule has 0 aromatic carbocycles. The maximum absolute atomic E-state index is 5.44. The number of anilines is 2. The lowest BCUT2D eigenvalue weighted by molar-refractivity contribution is 0.0870. The Kier molecular flexibility index (Phi) is 5.64. The number of hydrogen-bond donors (Lipinski definition) is 2. The van der Waals surface area contributed by atoms with Crippen molar-refractivity contribution in [1.29, 1.82) is 0 Å². The van der Waals surface area contributed by atoms with Crippen molar-refractivity contribution in [3.8, 4) is 0 Å². The predicted octanol–water partition coefficient (Wildman–Crippen LogP) is 2.35. The van der Waals surface area contributed by atoms with Crippen molar-refractivity contribution < 1.29 is 4.74 Å². The van der Waals surface area contributed by atoms with Crippen LogP contribution in [0.3, 0.4) is 0 Å². The third kappa shape index (κ3) is 4.98. The van der Waals surface area contributed by atoms with Gasteiger partial charge in [0, 0.05) is 13.1 Å². The molecule has 1 heterocycles. The molecule has 0 unspecified atom stereocenters. The number of aromatic nitrogens is 1. The average Bonchev–Trinajstić information content (AvgIpc) is 2.25. The smallest absolute Gasteiger partial charge is 0.0642 e. The van der Waals surface area contributed by atoms with E-state index < -0.39 is 0 Å². The molecule has 0 aliphatic rings. The summed E-state index contributed by atoms with van der Waals surface area (Å²) in [4.78, 5) is 4.15. The van der Waals surface area contributed by atoms with E-state index in [4.69, 9.17) is 4.74 Å². The van der Waals surface area contributed by atoms with E-state index in [2.05, 4.69) is 22.5 Å². The van der Waals surface area contributed by atoms with Crippen LogP contribution in [0.5, 0.6) is 0 Å². The van der Waals surface area contributed by atoms with Gasteiger partial charge in [-0.2, -0.15) is 0 Å². The lowest BCUT2D eigenvalue weighted by atomic mass is 10.3. The van der Waals surface area contributed by atoms with Crippen molar-refractivity contribution in [3.05, 3.63) is 18.5 Å². The zero-order valence-corrected chi connectivity index (χ0v) is 10.3. The summed E-state index contributed by atoms with van der Waals surface area (Å²) in [7, 11) is 0. The minimum Gasteiger partial charge on any atom is -0.384 e. The van der Waals surface area contributed by atoms with Crippen LogP contribution in [0.15, 0.2) is 18.5 Å². The quantitative estimate of drug-likeness (QED) is 0.697. The molecule has 0 radical (unpaired) electrons. The molecule has 0 atom stereocenters. The predicted molar refractivity (Wildman–Crippen MR) is 68.0 cm³/mol. The topological polar surface area (TPSA) is 46.2 Å². The van der Waals surface area contributed by atoms with E-state index in [-0.39, 0.29) is 6.10 Å². The molecular weight excluding hydrogens is 202 g/mol. The summed E-state index contributed by atoms with van der Waals surface area (Å²) in [6.45, 7) is 8.55. The summed E-state index contributed by atoms with van der Waals surface area (Å²) in [5, 5.41) is 6.49. The minimum absolute atomic E-state index is 0.285. The van der Waals surface area contributed by atoms with Crippen LogP contribution in [-0.2, 0) is 4.74 Å². The van der Waals surface area contributed by atoms with Crippen molar-refractivity contribution in [2.45, 2.75) is 26.9 Å². The van der Waals surface area contributed by atoms with Crippen molar-refractivity contribution in [1.82, 2.24) is 4.98 Å². The lowest BCUT2D eigenvalue weighted by Crippen LogP contribution is -2.13. The third-order valence-corrected chi connectivity index (χ3v) is 2.00. The van der Waals surface area contributed by atoms with Gasteiger partial charge in [0.25, 0.3) is 0 Å². The Bertz CT molecular complexity index is 302. The standard InChI is InChI=1S/C12H21N3O/c1-4-14-11-7-12(9-13-8-11)15-5-6-16-10(2)3/h7-10,14-15H,4-6H2,1-3H3. The molecule has 0 spiro atoms. The van der Waals surface area contributed by atoms with Gasteiger partial charge in [-0.25, -0.2) is 0 Å². The summed E-state index contributed by atoms with van der Waals surface area (Å²) in [6, 6.07) is 2.05. The van der Waals surface area contributed by atoms with Crippen LogP contribution < -0.4 is 10.6 Å². The zero-order valence-electron chi connectivity index (χ0n) is 10.3. The van der Waals surface area contributed by atoms with Crippen molar-refractivity contribution in [2.75, 3.05) is 30.3 Å². The van der Waals surface area contributed by atoms with Crippen LogP contribution in [0.25, 0.3) is 0 Å². The van der Waals surface area contributed by atoms with Gasteiger partial charge in [0.2, 0.25) is 0 Å². The highest BCUT2D eigenvalue weighted by molar-refractivity contribution is 5.53. The molecule has 0 bridgehead atoms. The van der Waals surface area contributed by atoms with Gasteiger partial charge in [0.1, 0.15) is 0 Å². The summed E-state index contributed by atoms with van der Waals surface area (Å²) in [5.41, 5.74) is 2.06. The molecule has 0 saturated carbocycles.